The van der Waals surface area contributed by atoms with Crippen LogP contribution in [-0.2, 0) is 11.2 Å². The lowest BCUT2D eigenvalue weighted by molar-refractivity contribution is 0.100. The van der Waals surface area contributed by atoms with Crippen LogP contribution in [0.1, 0.15) is 57.2 Å². The van der Waals surface area contributed by atoms with Gasteiger partial charge in [0.05, 0.1) is 6.10 Å². The molecule has 2 nitrogen and oxygen atoms in total. The molecule has 1 rings (SSSR count). The monoisotopic (exact) mass is 263 g/mol. The summed E-state index contributed by atoms with van der Waals surface area (Å²) in [5.74, 6) is 0. The van der Waals surface area contributed by atoms with Crippen LogP contribution in [0.15, 0.2) is 24.3 Å². The molecular formula is C17H29NO. The van der Waals surface area contributed by atoms with Crippen molar-refractivity contribution in [3.63, 3.8) is 0 Å². The topological polar surface area (TPSA) is 21.3 Å². The third-order valence-corrected chi connectivity index (χ3v) is 3.50. The molecular weight excluding hydrogens is 234 g/mol. The second kappa shape index (κ2) is 9.11. The third kappa shape index (κ3) is 5.75. The maximum atomic E-state index is 5.42. The first-order valence-corrected chi connectivity index (χ1v) is 7.56. The first kappa shape index (κ1) is 16.2. The molecule has 0 aliphatic carbocycles. The summed E-state index contributed by atoms with van der Waals surface area (Å²) in [5, 5.41) is 3.64. The van der Waals surface area contributed by atoms with E-state index in [2.05, 4.69) is 50.4 Å². The molecule has 0 amide bonds. The Morgan fingerprint density at radius 3 is 2.63 bits per heavy atom. The van der Waals surface area contributed by atoms with E-state index in [9.17, 15) is 0 Å². The molecule has 0 radical (unpaired) electrons. The number of hydrogen-bond donors (Lipinski definition) is 1. The van der Waals surface area contributed by atoms with E-state index in [0.717, 1.165) is 25.8 Å². The molecule has 2 heteroatoms. The SMILES string of the molecule is CCCNC(CC(C)OC)c1cccc(CCC)c1. The summed E-state index contributed by atoms with van der Waals surface area (Å²) in [6.45, 7) is 7.62. The van der Waals surface area contributed by atoms with Gasteiger partial charge in [0.15, 0.2) is 0 Å². The summed E-state index contributed by atoms with van der Waals surface area (Å²) in [6.07, 6.45) is 4.82. The van der Waals surface area contributed by atoms with Crippen LogP contribution in [0.5, 0.6) is 0 Å². The van der Waals surface area contributed by atoms with Crippen LogP contribution >= 0.6 is 0 Å². The van der Waals surface area contributed by atoms with Crippen LogP contribution in [0, 0.1) is 0 Å². The molecule has 0 aromatic heterocycles. The molecule has 0 bridgehead atoms. The summed E-state index contributed by atoms with van der Waals surface area (Å²) in [4.78, 5) is 0. The van der Waals surface area contributed by atoms with Crippen molar-refractivity contribution in [2.45, 2.75) is 58.6 Å². The quantitative estimate of drug-likeness (QED) is 0.724. The lowest BCUT2D eigenvalue weighted by Gasteiger charge is -2.22. The Labute approximate surface area is 118 Å². The lowest BCUT2D eigenvalue weighted by Crippen LogP contribution is -2.26. The van der Waals surface area contributed by atoms with E-state index in [1.165, 1.54) is 17.5 Å². The predicted molar refractivity (Wildman–Crippen MR) is 82.6 cm³/mol. The standard InChI is InChI=1S/C17H29NO/c1-5-8-15-9-7-10-16(13-15)17(18-11-6-2)12-14(3)19-4/h7,9-10,13-14,17-18H,5-6,8,11-12H2,1-4H3. The average Bonchev–Trinajstić information content (AvgIpc) is 2.43. The number of aryl methyl sites for hydroxylation is 1. The minimum Gasteiger partial charge on any atom is -0.382 e. The highest BCUT2D eigenvalue weighted by Gasteiger charge is 2.14. The van der Waals surface area contributed by atoms with Gasteiger partial charge in [-0.25, -0.2) is 0 Å². The van der Waals surface area contributed by atoms with Crippen molar-refractivity contribution in [2.24, 2.45) is 0 Å². The minimum atomic E-state index is 0.282. The van der Waals surface area contributed by atoms with Crippen molar-refractivity contribution >= 4 is 0 Å². The van der Waals surface area contributed by atoms with Crippen molar-refractivity contribution in [1.82, 2.24) is 5.32 Å². The van der Waals surface area contributed by atoms with Crippen molar-refractivity contribution in [3.8, 4) is 0 Å². The molecule has 2 atom stereocenters. The smallest absolute Gasteiger partial charge is 0.0561 e. The van der Waals surface area contributed by atoms with Crippen LogP contribution in [0.25, 0.3) is 0 Å². The number of hydrogen-bond acceptors (Lipinski definition) is 2. The van der Waals surface area contributed by atoms with E-state index >= 15 is 0 Å². The molecule has 1 N–H and O–H groups in total. The molecule has 19 heavy (non-hydrogen) atoms. The zero-order valence-electron chi connectivity index (χ0n) is 12.9. The fourth-order valence-electron chi connectivity index (χ4n) is 2.34. The largest absolute Gasteiger partial charge is 0.382 e. The van der Waals surface area contributed by atoms with Gasteiger partial charge in [-0.2, -0.15) is 0 Å². The molecule has 0 aliphatic rings. The lowest BCUT2D eigenvalue weighted by atomic mass is 9.97. The fourth-order valence-corrected chi connectivity index (χ4v) is 2.34. The van der Waals surface area contributed by atoms with E-state index in [-0.39, 0.29) is 6.10 Å². The van der Waals surface area contributed by atoms with Gasteiger partial charge in [0.1, 0.15) is 0 Å². The van der Waals surface area contributed by atoms with Gasteiger partial charge in [-0.15, -0.1) is 0 Å². The Balaban J connectivity index is 2.79. The van der Waals surface area contributed by atoms with E-state index < -0.39 is 0 Å². The average molecular weight is 263 g/mol. The normalized spacial score (nSPS) is 14.3. The number of benzene rings is 1. The molecule has 0 spiro atoms. The van der Waals surface area contributed by atoms with E-state index in [4.69, 9.17) is 4.74 Å². The predicted octanol–water partition coefficient (Wildman–Crippen LogP) is 4.10. The van der Waals surface area contributed by atoms with Crippen molar-refractivity contribution in [1.29, 1.82) is 0 Å². The highest BCUT2D eigenvalue weighted by Crippen LogP contribution is 2.21. The van der Waals surface area contributed by atoms with E-state index in [1.54, 1.807) is 7.11 Å². The Hall–Kier alpha value is -0.860. The van der Waals surface area contributed by atoms with Crippen LogP contribution in [0.4, 0.5) is 0 Å². The molecule has 1 aromatic rings. The van der Waals surface area contributed by atoms with Crippen LogP contribution < -0.4 is 5.32 Å². The number of methoxy groups -OCH3 is 1. The summed E-state index contributed by atoms with van der Waals surface area (Å²) in [6, 6.07) is 9.38. The Morgan fingerprint density at radius 2 is 2.00 bits per heavy atom. The van der Waals surface area contributed by atoms with Gasteiger partial charge in [0, 0.05) is 13.2 Å². The molecule has 0 aliphatic heterocycles. The highest BCUT2D eigenvalue weighted by atomic mass is 16.5. The first-order valence-electron chi connectivity index (χ1n) is 7.56. The van der Waals surface area contributed by atoms with E-state index in [1.807, 2.05) is 0 Å². The molecule has 0 saturated heterocycles. The Morgan fingerprint density at radius 1 is 1.21 bits per heavy atom. The van der Waals surface area contributed by atoms with Crippen LogP contribution in [0.2, 0.25) is 0 Å². The zero-order chi connectivity index (χ0) is 14.1. The molecule has 1 aromatic carbocycles. The number of nitrogens with one attached hydrogen (secondary N) is 1. The summed E-state index contributed by atoms with van der Waals surface area (Å²) < 4.78 is 5.42. The summed E-state index contributed by atoms with van der Waals surface area (Å²) >= 11 is 0. The second-order valence-electron chi connectivity index (χ2n) is 5.28. The highest BCUT2D eigenvalue weighted by molar-refractivity contribution is 5.26. The van der Waals surface area contributed by atoms with Gasteiger partial charge in [0.25, 0.3) is 0 Å². The summed E-state index contributed by atoms with van der Waals surface area (Å²) in [5.41, 5.74) is 2.83. The Kier molecular flexibility index (Phi) is 7.76. The van der Waals surface area contributed by atoms with Gasteiger partial charge < -0.3 is 10.1 Å². The van der Waals surface area contributed by atoms with E-state index in [0.29, 0.717) is 6.04 Å². The first-order chi connectivity index (χ1) is 9.21. The second-order valence-corrected chi connectivity index (χ2v) is 5.28. The van der Waals surface area contributed by atoms with Gasteiger partial charge in [-0.1, -0.05) is 44.5 Å². The Bertz CT molecular complexity index is 351. The van der Waals surface area contributed by atoms with Crippen molar-refractivity contribution in [3.05, 3.63) is 35.4 Å². The maximum Gasteiger partial charge on any atom is 0.0561 e. The zero-order valence-corrected chi connectivity index (χ0v) is 12.9. The molecule has 2 unspecified atom stereocenters. The van der Waals surface area contributed by atoms with Gasteiger partial charge in [0.2, 0.25) is 0 Å². The molecule has 0 fully saturated rings. The fraction of sp³-hybridized carbons (Fsp3) is 0.647. The maximum absolute atomic E-state index is 5.42. The third-order valence-electron chi connectivity index (χ3n) is 3.50. The van der Waals surface area contributed by atoms with Crippen molar-refractivity contribution in [2.75, 3.05) is 13.7 Å². The summed E-state index contributed by atoms with van der Waals surface area (Å²) in [7, 11) is 1.79. The van der Waals surface area contributed by atoms with Crippen LogP contribution in [-0.4, -0.2) is 19.8 Å². The van der Waals surface area contributed by atoms with Gasteiger partial charge in [-0.05, 0) is 43.9 Å². The van der Waals surface area contributed by atoms with Gasteiger partial charge in [-0.3, -0.25) is 0 Å². The molecule has 0 heterocycles. The van der Waals surface area contributed by atoms with Crippen molar-refractivity contribution < 1.29 is 4.74 Å². The van der Waals surface area contributed by atoms with Crippen LogP contribution in [0.3, 0.4) is 0 Å². The van der Waals surface area contributed by atoms with Gasteiger partial charge >= 0.3 is 0 Å². The molecule has 0 saturated carbocycles. The molecule has 108 valence electrons. The number of rotatable bonds is 9. The number of ether oxygens (including phenoxy) is 1. The minimum absolute atomic E-state index is 0.282.